The maximum absolute atomic E-state index is 5.45. The molecule has 2 atom stereocenters. The topological polar surface area (TPSA) is 30.5 Å². The molecule has 3 heteroatoms. The van der Waals surface area contributed by atoms with E-state index in [1.54, 1.807) is 14.2 Å². The lowest BCUT2D eigenvalue weighted by atomic mass is 9.89. The van der Waals surface area contributed by atoms with Gasteiger partial charge in [0.25, 0.3) is 0 Å². The number of methoxy groups -OCH3 is 2. The van der Waals surface area contributed by atoms with Crippen LogP contribution in [-0.4, -0.2) is 32.6 Å². The molecule has 1 N–H and O–H groups in total. The molecule has 72 valence electrons. The van der Waals surface area contributed by atoms with Crippen LogP contribution in [0, 0.1) is 5.92 Å². The normalized spacial score (nSPS) is 35.0. The summed E-state index contributed by atoms with van der Waals surface area (Å²) in [7, 11) is 3.44. The smallest absolute Gasteiger partial charge is 0.172 e. The Labute approximate surface area is 74.4 Å². The van der Waals surface area contributed by atoms with Gasteiger partial charge in [0.15, 0.2) is 5.79 Å². The summed E-state index contributed by atoms with van der Waals surface area (Å²) >= 11 is 0. The third-order valence-corrected chi connectivity index (χ3v) is 2.81. The van der Waals surface area contributed by atoms with Gasteiger partial charge in [-0.25, -0.2) is 0 Å². The number of hydrogen-bond donors (Lipinski definition) is 1. The summed E-state index contributed by atoms with van der Waals surface area (Å²) in [5, 5.41) is 3.40. The van der Waals surface area contributed by atoms with Crippen molar-refractivity contribution in [2.24, 2.45) is 5.92 Å². The SMILES string of the molecule is COC1(OC)C[C@H](C)NC[C@H]1C. The van der Waals surface area contributed by atoms with Crippen molar-refractivity contribution in [1.82, 2.24) is 5.32 Å². The molecule has 0 aromatic heterocycles. The van der Waals surface area contributed by atoms with E-state index in [1.807, 2.05) is 0 Å². The molecule has 0 bridgehead atoms. The summed E-state index contributed by atoms with van der Waals surface area (Å²) in [6.07, 6.45) is 0.918. The maximum Gasteiger partial charge on any atom is 0.172 e. The van der Waals surface area contributed by atoms with E-state index in [-0.39, 0.29) is 5.79 Å². The highest BCUT2D eigenvalue weighted by atomic mass is 16.7. The molecule has 0 amide bonds. The van der Waals surface area contributed by atoms with Crippen LogP contribution in [0.5, 0.6) is 0 Å². The summed E-state index contributed by atoms with van der Waals surface area (Å²) in [6, 6.07) is 0.473. The third kappa shape index (κ3) is 1.63. The third-order valence-electron chi connectivity index (χ3n) is 2.81. The number of hydrogen-bond acceptors (Lipinski definition) is 3. The van der Waals surface area contributed by atoms with Gasteiger partial charge in [0.05, 0.1) is 0 Å². The average molecular weight is 173 g/mol. The van der Waals surface area contributed by atoms with Crippen LogP contribution in [0.3, 0.4) is 0 Å². The molecule has 1 rings (SSSR count). The summed E-state index contributed by atoms with van der Waals surface area (Å²) in [5.41, 5.74) is 0. The fourth-order valence-corrected chi connectivity index (χ4v) is 1.89. The van der Waals surface area contributed by atoms with Crippen LogP contribution in [0.15, 0.2) is 0 Å². The van der Waals surface area contributed by atoms with Gasteiger partial charge in [-0.2, -0.15) is 0 Å². The first-order valence-corrected chi connectivity index (χ1v) is 4.48. The molecule has 1 aliphatic heterocycles. The van der Waals surface area contributed by atoms with Crippen LogP contribution in [0.25, 0.3) is 0 Å². The van der Waals surface area contributed by atoms with Crippen molar-refractivity contribution in [3.63, 3.8) is 0 Å². The lowest BCUT2D eigenvalue weighted by molar-refractivity contribution is -0.251. The fourth-order valence-electron chi connectivity index (χ4n) is 1.89. The Balaban J connectivity index is 2.68. The van der Waals surface area contributed by atoms with E-state index in [1.165, 1.54) is 0 Å². The van der Waals surface area contributed by atoms with Gasteiger partial charge >= 0.3 is 0 Å². The molecule has 1 heterocycles. The van der Waals surface area contributed by atoms with Crippen LogP contribution in [0.1, 0.15) is 20.3 Å². The van der Waals surface area contributed by atoms with Crippen LogP contribution in [-0.2, 0) is 9.47 Å². The average Bonchev–Trinajstić information content (AvgIpc) is 2.09. The zero-order valence-corrected chi connectivity index (χ0v) is 8.39. The van der Waals surface area contributed by atoms with Crippen molar-refractivity contribution in [2.75, 3.05) is 20.8 Å². The second-order valence-electron chi connectivity index (χ2n) is 3.63. The van der Waals surface area contributed by atoms with Crippen LogP contribution < -0.4 is 5.32 Å². The molecule has 0 unspecified atom stereocenters. The highest BCUT2D eigenvalue weighted by Gasteiger charge is 2.40. The van der Waals surface area contributed by atoms with Gasteiger partial charge in [0, 0.05) is 39.1 Å². The van der Waals surface area contributed by atoms with Gasteiger partial charge in [0.2, 0.25) is 0 Å². The molecule has 0 spiro atoms. The Bertz CT molecular complexity index is 145. The first kappa shape index (κ1) is 9.96. The van der Waals surface area contributed by atoms with Crippen molar-refractivity contribution in [3.8, 4) is 0 Å². The molecule has 0 aromatic rings. The standard InChI is InChI=1S/C9H19NO2/c1-7-6-10-8(2)5-9(7,11-3)12-4/h7-8,10H,5-6H2,1-4H3/t7-,8+/m1/s1. The van der Waals surface area contributed by atoms with Gasteiger partial charge < -0.3 is 14.8 Å². The minimum atomic E-state index is -0.370. The predicted molar refractivity (Wildman–Crippen MR) is 48.0 cm³/mol. The summed E-state index contributed by atoms with van der Waals surface area (Å²) < 4.78 is 10.9. The number of rotatable bonds is 2. The highest BCUT2D eigenvalue weighted by Crippen LogP contribution is 2.30. The highest BCUT2D eigenvalue weighted by molar-refractivity contribution is 4.87. The quantitative estimate of drug-likeness (QED) is 0.632. The molecule has 0 radical (unpaired) electrons. The number of ether oxygens (including phenoxy) is 2. The first-order valence-electron chi connectivity index (χ1n) is 4.48. The summed E-state index contributed by atoms with van der Waals surface area (Å²) in [6.45, 7) is 5.26. The Morgan fingerprint density at radius 3 is 2.25 bits per heavy atom. The second kappa shape index (κ2) is 3.73. The molecular weight excluding hydrogens is 154 g/mol. The summed E-state index contributed by atoms with van der Waals surface area (Å²) in [4.78, 5) is 0. The Hall–Kier alpha value is -0.120. The zero-order chi connectivity index (χ0) is 9.19. The molecular formula is C9H19NO2. The molecule has 1 aliphatic rings. The molecule has 1 saturated heterocycles. The van der Waals surface area contributed by atoms with Gasteiger partial charge in [0.1, 0.15) is 0 Å². The van der Waals surface area contributed by atoms with E-state index in [4.69, 9.17) is 9.47 Å². The molecule has 0 aliphatic carbocycles. The summed E-state index contributed by atoms with van der Waals surface area (Å²) in [5.74, 6) is 0.0358. The molecule has 3 nitrogen and oxygen atoms in total. The van der Waals surface area contributed by atoms with E-state index in [0.717, 1.165) is 13.0 Å². The minimum Gasteiger partial charge on any atom is -0.353 e. The van der Waals surface area contributed by atoms with Gasteiger partial charge in [-0.15, -0.1) is 0 Å². The Kier molecular flexibility index (Phi) is 3.09. The first-order chi connectivity index (χ1) is 5.64. The minimum absolute atomic E-state index is 0.370. The molecule has 0 aromatic carbocycles. The van der Waals surface area contributed by atoms with Crippen LogP contribution in [0.2, 0.25) is 0 Å². The Morgan fingerprint density at radius 2 is 1.83 bits per heavy atom. The van der Waals surface area contributed by atoms with Crippen molar-refractivity contribution >= 4 is 0 Å². The van der Waals surface area contributed by atoms with Gasteiger partial charge in [-0.05, 0) is 6.92 Å². The van der Waals surface area contributed by atoms with Gasteiger partial charge in [-0.3, -0.25) is 0 Å². The fraction of sp³-hybridized carbons (Fsp3) is 1.00. The van der Waals surface area contributed by atoms with Crippen LogP contribution >= 0.6 is 0 Å². The lowest BCUT2D eigenvalue weighted by Crippen LogP contribution is -2.54. The van der Waals surface area contributed by atoms with Crippen LogP contribution in [0.4, 0.5) is 0 Å². The lowest BCUT2D eigenvalue weighted by Gasteiger charge is -2.42. The van der Waals surface area contributed by atoms with E-state index in [0.29, 0.717) is 12.0 Å². The van der Waals surface area contributed by atoms with Crippen molar-refractivity contribution in [3.05, 3.63) is 0 Å². The van der Waals surface area contributed by atoms with E-state index in [9.17, 15) is 0 Å². The predicted octanol–water partition coefficient (Wildman–Crippen LogP) is 0.993. The number of nitrogens with one attached hydrogen (secondary N) is 1. The monoisotopic (exact) mass is 173 g/mol. The van der Waals surface area contributed by atoms with Gasteiger partial charge in [-0.1, -0.05) is 6.92 Å². The maximum atomic E-state index is 5.45. The van der Waals surface area contributed by atoms with E-state index >= 15 is 0 Å². The van der Waals surface area contributed by atoms with E-state index < -0.39 is 0 Å². The second-order valence-corrected chi connectivity index (χ2v) is 3.63. The van der Waals surface area contributed by atoms with Crippen molar-refractivity contribution in [1.29, 1.82) is 0 Å². The Morgan fingerprint density at radius 1 is 1.25 bits per heavy atom. The number of piperidine rings is 1. The van der Waals surface area contributed by atoms with Crippen molar-refractivity contribution in [2.45, 2.75) is 32.1 Å². The van der Waals surface area contributed by atoms with E-state index in [2.05, 4.69) is 19.2 Å². The molecule has 0 saturated carbocycles. The largest absolute Gasteiger partial charge is 0.353 e. The zero-order valence-electron chi connectivity index (χ0n) is 8.39. The molecule has 1 fully saturated rings. The molecule has 12 heavy (non-hydrogen) atoms. The van der Waals surface area contributed by atoms with Crippen molar-refractivity contribution < 1.29 is 9.47 Å².